The standard InChI is InChI=1S/C17H23NS/c1-13-7-8-15(14(2)10-13)11-18-12-17(3,4)16-6-5-9-19-16/h5-10,18H,11-12H2,1-4H3. The van der Waals surface area contributed by atoms with Crippen LogP contribution in [0.5, 0.6) is 0 Å². The van der Waals surface area contributed by atoms with Crippen molar-refractivity contribution < 1.29 is 0 Å². The molecule has 0 bridgehead atoms. The van der Waals surface area contributed by atoms with Crippen molar-refractivity contribution in [2.24, 2.45) is 0 Å². The molecule has 1 nitrogen and oxygen atoms in total. The van der Waals surface area contributed by atoms with Crippen LogP contribution in [0.15, 0.2) is 35.7 Å². The van der Waals surface area contributed by atoms with Crippen molar-refractivity contribution in [3.63, 3.8) is 0 Å². The second-order valence-corrected chi connectivity index (χ2v) is 6.84. The number of rotatable bonds is 5. The zero-order chi connectivity index (χ0) is 13.9. The maximum Gasteiger partial charge on any atom is 0.0208 e. The zero-order valence-corrected chi connectivity index (χ0v) is 13.1. The topological polar surface area (TPSA) is 12.0 Å². The lowest BCUT2D eigenvalue weighted by molar-refractivity contribution is 0.476. The Morgan fingerprint density at radius 2 is 1.95 bits per heavy atom. The average molecular weight is 273 g/mol. The molecule has 0 atom stereocenters. The van der Waals surface area contributed by atoms with Crippen molar-refractivity contribution in [3.8, 4) is 0 Å². The SMILES string of the molecule is Cc1ccc(CNCC(C)(C)c2cccs2)c(C)c1. The van der Waals surface area contributed by atoms with Gasteiger partial charge in [-0.15, -0.1) is 11.3 Å². The maximum absolute atomic E-state index is 3.60. The Bertz CT molecular complexity index is 526. The summed E-state index contributed by atoms with van der Waals surface area (Å²) in [5, 5.41) is 5.75. The summed E-state index contributed by atoms with van der Waals surface area (Å²) in [6, 6.07) is 11.0. The molecule has 0 saturated carbocycles. The molecule has 0 aliphatic rings. The maximum atomic E-state index is 3.60. The Morgan fingerprint density at radius 3 is 2.58 bits per heavy atom. The number of aryl methyl sites for hydroxylation is 2. The van der Waals surface area contributed by atoms with Gasteiger partial charge < -0.3 is 5.32 Å². The van der Waals surface area contributed by atoms with Crippen LogP contribution >= 0.6 is 11.3 Å². The molecule has 102 valence electrons. The van der Waals surface area contributed by atoms with Gasteiger partial charge in [-0.1, -0.05) is 43.7 Å². The summed E-state index contributed by atoms with van der Waals surface area (Å²) in [5.74, 6) is 0. The molecule has 0 aliphatic heterocycles. The summed E-state index contributed by atoms with van der Waals surface area (Å²) < 4.78 is 0. The van der Waals surface area contributed by atoms with E-state index >= 15 is 0 Å². The fourth-order valence-corrected chi connectivity index (χ4v) is 3.16. The van der Waals surface area contributed by atoms with Crippen molar-refractivity contribution in [1.29, 1.82) is 0 Å². The van der Waals surface area contributed by atoms with E-state index in [2.05, 4.69) is 68.7 Å². The molecule has 0 fully saturated rings. The first-order chi connectivity index (χ1) is 8.99. The van der Waals surface area contributed by atoms with E-state index in [0.717, 1.165) is 13.1 Å². The van der Waals surface area contributed by atoms with Crippen LogP contribution < -0.4 is 5.32 Å². The van der Waals surface area contributed by atoms with E-state index in [-0.39, 0.29) is 5.41 Å². The van der Waals surface area contributed by atoms with Gasteiger partial charge in [0.2, 0.25) is 0 Å². The highest BCUT2D eigenvalue weighted by Gasteiger charge is 2.20. The molecule has 1 aromatic carbocycles. The third-order valence-corrected chi connectivity index (χ3v) is 4.80. The van der Waals surface area contributed by atoms with E-state index in [1.807, 2.05) is 11.3 Å². The van der Waals surface area contributed by atoms with E-state index in [9.17, 15) is 0 Å². The molecule has 1 N–H and O–H groups in total. The number of nitrogens with one attached hydrogen (secondary N) is 1. The van der Waals surface area contributed by atoms with Crippen LogP contribution in [0.2, 0.25) is 0 Å². The lowest BCUT2D eigenvalue weighted by Crippen LogP contribution is -2.32. The molecule has 0 aliphatic carbocycles. The average Bonchev–Trinajstić information content (AvgIpc) is 2.86. The number of hydrogen-bond acceptors (Lipinski definition) is 2. The zero-order valence-electron chi connectivity index (χ0n) is 12.3. The lowest BCUT2D eigenvalue weighted by atomic mass is 9.91. The molecule has 1 heterocycles. The number of thiophene rings is 1. The normalized spacial score (nSPS) is 11.8. The van der Waals surface area contributed by atoms with Crippen LogP contribution in [0.25, 0.3) is 0 Å². The highest BCUT2D eigenvalue weighted by atomic mass is 32.1. The Balaban J connectivity index is 1.93. The number of hydrogen-bond donors (Lipinski definition) is 1. The largest absolute Gasteiger partial charge is 0.312 e. The Kier molecular flexibility index (Phi) is 4.43. The molecule has 0 saturated heterocycles. The summed E-state index contributed by atoms with van der Waals surface area (Å²) >= 11 is 1.84. The van der Waals surface area contributed by atoms with Crippen LogP contribution in [0.3, 0.4) is 0 Å². The predicted molar refractivity (Wildman–Crippen MR) is 85.0 cm³/mol. The van der Waals surface area contributed by atoms with Gasteiger partial charge in [-0.25, -0.2) is 0 Å². The van der Waals surface area contributed by atoms with Gasteiger partial charge in [0.15, 0.2) is 0 Å². The molecular weight excluding hydrogens is 250 g/mol. The molecule has 1 aromatic heterocycles. The molecule has 2 heteroatoms. The van der Waals surface area contributed by atoms with Crippen molar-refractivity contribution in [2.75, 3.05) is 6.54 Å². The first-order valence-corrected chi connectivity index (χ1v) is 7.68. The molecule has 0 spiro atoms. The fourth-order valence-electron chi connectivity index (χ4n) is 2.30. The molecule has 0 unspecified atom stereocenters. The van der Waals surface area contributed by atoms with Gasteiger partial charge >= 0.3 is 0 Å². The monoisotopic (exact) mass is 273 g/mol. The van der Waals surface area contributed by atoms with E-state index in [0.29, 0.717) is 0 Å². The quantitative estimate of drug-likeness (QED) is 0.849. The van der Waals surface area contributed by atoms with Crippen LogP contribution in [0, 0.1) is 13.8 Å². The van der Waals surface area contributed by atoms with Gasteiger partial charge in [0.05, 0.1) is 0 Å². The fraction of sp³-hybridized carbons (Fsp3) is 0.412. The Morgan fingerprint density at radius 1 is 1.16 bits per heavy atom. The summed E-state index contributed by atoms with van der Waals surface area (Å²) in [6.07, 6.45) is 0. The van der Waals surface area contributed by atoms with Crippen LogP contribution in [0.4, 0.5) is 0 Å². The minimum absolute atomic E-state index is 0.201. The summed E-state index contributed by atoms with van der Waals surface area (Å²) in [4.78, 5) is 1.45. The van der Waals surface area contributed by atoms with Crippen molar-refractivity contribution in [3.05, 3.63) is 57.3 Å². The second-order valence-electron chi connectivity index (χ2n) is 5.89. The molecule has 0 amide bonds. The van der Waals surface area contributed by atoms with Gasteiger partial charge in [-0.3, -0.25) is 0 Å². The van der Waals surface area contributed by atoms with Gasteiger partial charge in [-0.05, 0) is 36.4 Å². The van der Waals surface area contributed by atoms with Gasteiger partial charge in [0.1, 0.15) is 0 Å². The highest BCUT2D eigenvalue weighted by molar-refractivity contribution is 7.10. The third kappa shape index (κ3) is 3.68. The Hall–Kier alpha value is -1.12. The van der Waals surface area contributed by atoms with Crippen LogP contribution in [-0.2, 0) is 12.0 Å². The van der Waals surface area contributed by atoms with E-state index in [1.54, 1.807) is 0 Å². The van der Waals surface area contributed by atoms with Gasteiger partial charge in [-0.2, -0.15) is 0 Å². The van der Waals surface area contributed by atoms with Crippen LogP contribution in [-0.4, -0.2) is 6.54 Å². The van der Waals surface area contributed by atoms with E-state index in [4.69, 9.17) is 0 Å². The number of benzene rings is 1. The van der Waals surface area contributed by atoms with Crippen molar-refractivity contribution in [1.82, 2.24) is 5.32 Å². The van der Waals surface area contributed by atoms with Crippen molar-refractivity contribution >= 4 is 11.3 Å². The third-order valence-electron chi connectivity index (χ3n) is 3.57. The second kappa shape index (κ2) is 5.89. The van der Waals surface area contributed by atoms with Crippen LogP contribution in [0.1, 0.15) is 35.4 Å². The van der Waals surface area contributed by atoms with Gasteiger partial charge in [0, 0.05) is 23.4 Å². The first kappa shape index (κ1) is 14.3. The predicted octanol–water partition coefficient (Wildman–Crippen LogP) is 4.43. The Labute approximate surface area is 120 Å². The minimum Gasteiger partial charge on any atom is -0.312 e. The summed E-state index contributed by atoms with van der Waals surface area (Å²) in [6.45, 7) is 10.9. The van der Waals surface area contributed by atoms with E-state index < -0.39 is 0 Å². The van der Waals surface area contributed by atoms with Crippen molar-refractivity contribution in [2.45, 2.75) is 39.7 Å². The lowest BCUT2D eigenvalue weighted by Gasteiger charge is -2.24. The molecule has 0 radical (unpaired) electrons. The molecule has 2 aromatic rings. The summed E-state index contributed by atoms with van der Waals surface area (Å²) in [5.41, 5.74) is 4.31. The summed E-state index contributed by atoms with van der Waals surface area (Å²) in [7, 11) is 0. The smallest absolute Gasteiger partial charge is 0.0208 e. The minimum atomic E-state index is 0.201. The van der Waals surface area contributed by atoms with E-state index in [1.165, 1.54) is 21.6 Å². The molecule has 2 rings (SSSR count). The highest BCUT2D eigenvalue weighted by Crippen LogP contribution is 2.26. The molecule has 19 heavy (non-hydrogen) atoms. The molecular formula is C17H23NS. The first-order valence-electron chi connectivity index (χ1n) is 6.80. The van der Waals surface area contributed by atoms with Gasteiger partial charge in [0.25, 0.3) is 0 Å².